The van der Waals surface area contributed by atoms with E-state index in [-0.39, 0.29) is 11.9 Å². The number of piperidine rings is 1. The van der Waals surface area contributed by atoms with Gasteiger partial charge in [0.2, 0.25) is 0 Å². The Morgan fingerprint density at radius 2 is 2.17 bits per heavy atom. The molecular weight excluding hydrogens is 390 g/mol. The van der Waals surface area contributed by atoms with Crippen LogP contribution >= 0.6 is 0 Å². The van der Waals surface area contributed by atoms with Crippen LogP contribution in [-0.4, -0.2) is 75.0 Å². The van der Waals surface area contributed by atoms with Gasteiger partial charge in [-0.25, -0.2) is 9.36 Å². The highest BCUT2D eigenvalue weighted by Crippen LogP contribution is 2.40. The van der Waals surface area contributed by atoms with Gasteiger partial charge in [-0.2, -0.15) is 4.98 Å². The third-order valence-corrected chi connectivity index (χ3v) is 7.90. The number of nitrogens with two attached hydrogens (primary N) is 1. The Bertz CT molecular complexity index is 851. The van der Waals surface area contributed by atoms with Crippen LogP contribution < -0.4 is 21.6 Å². The maximum absolute atomic E-state index is 12.9. The quantitative estimate of drug-likeness (QED) is 0.302. The monoisotopic (exact) mass is 422 g/mol. The number of likely N-dealkylation sites (tertiary alicyclic amines) is 1. The van der Waals surface area contributed by atoms with Crippen LogP contribution in [0.4, 0.5) is 5.82 Å². The van der Waals surface area contributed by atoms with Crippen LogP contribution in [0, 0.1) is 11.8 Å². The Morgan fingerprint density at radius 3 is 2.90 bits per heavy atom. The molecule has 0 aromatic carbocycles. The van der Waals surface area contributed by atoms with Gasteiger partial charge in [0.05, 0.1) is 19.2 Å². The van der Waals surface area contributed by atoms with Gasteiger partial charge in [-0.1, -0.05) is 0 Å². The average molecular weight is 423 g/mol. The molecule has 1 saturated carbocycles. The molecule has 0 amide bonds. The fourth-order valence-electron chi connectivity index (χ4n) is 6.68. The molecule has 0 radical (unpaired) electrons. The van der Waals surface area contributed by atoms with Crippen molar-refractivity contribution in [3.63, 3.8) is 0 Å². The van der Waals surface area contributed by atoms with E-state index < -0.39 is 36.5 Å². The number of hydrogen-bond donors (Lipinski definition) is 6. The number of nitrogens with one attached hydrogen (secondary N) is 2. The summed E-state index contributed by atoms with van der Waals surface area (Å²) in [5.74, 6) is -0.590. The van der Waals surface area contributed by atoms with E-state index in [9.17, 15) is 20.1 Å². The third-order valence-electron chi connectivity index (χ3n) is 7.90. The van der Waals surface area contributed by atoms with Crippen molar-refractivity contribution in [2.45, 2.75) is 68.3 Å². The molecule has 10 nitrogen and oxygen atoms in total. The zero-order chi connectivity index (χ0) is 21.0. The number of quaternary nitrogens is 1. The first-order valence-corrected chi connectivity index (χ1v) is 11.1. The van der Waals surface area contributed by atoms with E-state index in [4.69, 9.17) is 10.5 Å². The Labute approximate surface area is 174 Å². The molecule has 4 heterocycles. The number of nitrogen functional groups attached to an aromatic ring is 1. The van der Waals surface area contributed by atoms with Gasteiger partial charge >= 0.3 is 11.5 Å². The topological polar surface area (TPSA) is 147 Å². The second-order valence-electron chi connectivity index (χ2n) is 9.27. The lowest BCUT2D eigenvalue weighted by Gasteiger charge is -2.48. The second-order valence-corrected chi connectivity index (χ2v) is 9.27. The molecule has 10 heteroatoms. The lowest BCUT2D eigenvalue weighted by atomic mass is 9.71. The first-order chi connectivity index (χ1) is 14.5. The van der Waals surface area contributed by atoms with Crippen LogP contribution in [0.3, 0.4) is 0 Å². The van der Waals surface area contributed by atoms with Gasteiger partial charge in [0, 0.05) is 30.5 Å². The minimum absolute atomic E-state index is 0.0849. The van der Waals surface area contributed by atoms with Crippen molar-refractivity contribution in [2.75, 3.05) is 25.4 Å². The smallest absolute Gasteiger partial charge is 0.356 e. The van der Waals surface area contributed by atoms with Crippen LogP contribution in [0.5, 0.6) is 0 Å². The molecule has 7 N–H and O–H groups in total. The summed E-state index contributed by atoms with van der Waals surface area (Å²) in [5.41, 5.74) is 5.07. The molecule has 5 rings (SSSR count). The van der Waals surface area contributed by atoms with E-state index in [1.807, 2.05) is 0 Å². The predicted octanol–water partition coefficient (Wildman–Crippen LogP) is -3.02. The molecule has 30 heavy (non-hydrogen) atoms. The molecule has 4 aliphatic rings. The number of fused-ring (bicyclic) bond motifs is 3. The largest absolute Gasteiger partial charge is 0.394 e. The summed E-state index contributed by atoms with van der Waals surface area (Å²) in [7, 11) is 0. The average Bonchev–Trinajstić information content (AvgIpc) is 3.29. The molecule has 3 aliphatic heterocycles. The maximum Gasteiger partial charge on any atom is 0.356 e. The molecule has 4 fully saturated rings. The number of aliphatic hydroxyl groups is 3. The summed E-state index contributed by atoms with van der Waals surface area (Å²) in [6.07, 6.45) is 3.20. The van der Waals surface area contributed by atoms with Crippen LogP contribution in [0.25, 0.3) is 0 Å². The lowest BCUT2D eigenvalue weighted by Crippen LogP contribution is -3.24. The van der Waals surface area contributed by atoms with E-state index in [0.717, 1.165) is 43.5 Å². The first-order valence-electron chi connectivity index (χ1n) is 11.1. The summed E-state index contributed by atoms with van der Waals surface area (Å²) in [4.78, 5) is 17.7. The van der Waals surface area contributed by atoms with Crippen LogP contribution in [-0.2, 0) is 10.6 Å². The van der Waals surface area contributed by atoms with Crippen molar-refractivity contribution in [1.82, 2.24) is 14.9 Å². The van der Waals surface area contributed by atoms with Crippen molar-refractivity contribution in [3.8, 4) is 0 Å². The molecule has 166 valence electrons. The Hall–Kier alpha value is -1.56. The molecule has 0 spiro atoms. The van der Waals surface area contributed by atoms with Crippen LogP contribution in [0.2, 0.25) is 0 Å². The SMILES string of the molecule is Nc1ccn([C@]2([NH+]3CCC4CCC5NCCCC5C43)O[C@H](CO)[C@@H](O)[C@H]2O)c(=O)n1. The van der Waals surface area contributed by atoms with E-state index in [1.165, 1.54) is 16.8 Å². The van der Waals surface area contributed by atoms with Crippen molar-refractivity contribution in [1.29, 1.82) is 0 Å². The number of aromatic nitrogens is 2. The third kappa shape index (κ3) is 2.85. The van der Waals surface area contributed by atoms with Crippen molar-refractivity contribution >= 4 is 5.82 Å². The van der Waals surface area contributed by atoms with Gasteiger partial charge in [-0.05, 0) is 38.3 Å². The lowest BCUT2D eigenvalue weighted by molar-refractivity contribution is -1.02. The number of ether oxygens (including phenoxy) is 1. The molecule has 3 saturated heterocycles. The van der Waals surface area contributed by atoms with Gasteiger partial charge in [-0.3, -0.25) is 9.64 Å². The van der Waals surface area contributed by atoms with Gasteiger partial charge in [0.1, 0.15) is 18.0 Å². The van der Waals surface area contributed by atoms with E-state index in [0.29, 0.717) is 24.4 Å². The molecular formula is C20H32N5O5+. The molecule has 1 aromatic rings. The van der Waals surface area contributed by atoms with E-state index >= 15 is 0 Å². The van der Waals surface area contributed by atoms with Crippen molar-refractivity contribution in [3.05, 3.63) is 22.7 Å². The van der Waals surface area contributed by atoms with E-state index in [1.54, 1.807) is 0 Å². The normalized spacial score (nSPS) is 45.8. The molecule has 0 bridgehead atoms. The number of rotatable bonds is 3. The fourth-order valence-corrected chi connectivity index (χ4v) is 6.68. The van der Waals surface area contributed by atoms with Crippen molar-refractivity contribution in [2.24, 2.45) is 11.8 Å². The highest BCUT2D eigenvalue weighted by atomic mass is 16.6. The van der Waals surface area contributed by atoms with Crippen molar-refractivity contribution < 1.29 is 25.0 Å². The Balaban J connectivity index is 1.63. The zero-order valence-corrected chi connectivity index (χ0v) is 17.0. The minimum atomic E-state index is -1.55. The fraction of sp³-hybridized carbons (Fsp3) is 0.800. The standard InChI is InChI=1S/C20H31N5O5/c21-15-6-9-25(19(29)23-15)20(18(28)17(27)14(10-26)30-20)24-8-5-11-3-4-13-12(16(11)24)2-1-7-22-13/h6,9,11-14,16-18,22,26-28H,1-5,7-8,10H2,(H2,21,23,29)/p+1/t11?,12?,13?,14-,16?,17-,18-,20+/m1/s1. The molecule has 9 atom stereocenters. The Morgan fingerprint density at radius 1 is 1.33 bits per heavy atom. The van der Waals surface area contributed by atoms with Gasteiger partial charge in [-0.15, -0.1) is 0 Å². The number of hydrogen-bond acceptors (Lipinski definition) is 8. The zero-order valence-electron chi connectivity index (χ0n) is 17.0. The Kier molecular flexibility index (Phi) is 5.11. The van der Waals surface area contributed by atoms with Gasteiger partial charge < -0.3 is 26.4 Å². The summed E-state index contributed by atoms with van der Waals surface area (Å²) >= 11 is 0. The molecule has 1 aliphatic carbocycles. The minimum Gasteiger partial charge on any atom is -0.394 e. The van der Waals surface area contributed by atoms with Crippen LogP contribution in [0.15, 0.2) is 17.1 Å². The highest BCUT2D eigenvalue weighted by molar-refractivity contribution is 5.24. The van der Waals surface area contributed by atoms with E-state index in [2.05, 4.69) is 10.3 Å². The summed E-state index contributed by atoms with van der Waals surface area (Å²) < 4.78 is 7.50. The maximum atomic E-state index is 12.9. The second kappa shape index (κ2) is 7.54. The summed E-state index contributed by atoms with van der Waals surface area (Å²) in [6.45, 7) is 1.27. The summed E-state index contributed by atoms with van der Waals surface area (Å²) in [5, 5.41) is 35.4. The summed E-state index contributed by atoms with van der Waals surface area (Å²) in [6, 6.07) is 2.10. The number of nitrogens with zero attached hydrogens (tertiary/aromatic N) is 2. The first kappa shape index (κ1) is 20.3. The highest BCUT2D eigenvalue weighted by Gasteiger charge is 2.67. The van der Waals surface area contributed by atoms with Crippen LogP contribution in [0.1, 0.15) is 32.1 Å². The molecule has 5 unspecified atom stereocenters. The molecule has 1 aromatic heterocycles. The predicted molar refractivity (Wildman–Crippen MR) is 106 cm³/mol. The van der Waals surface area contributed by atoms with Gasteiger partial charge in [0.25, 0.3) is 0 Å². The van der Waals surface area contributed by atoms with Gasteiger partial charge in [0.15, 0.2) is 6.10 Å². The number of aliphatic hydroxyl groups excluding tert-OH is 3. The number of anilines is 1.